The van der Waals surface area contributed by atoms with Crippen molar-refractivity contribution < 1.29 is 9.84 Å². The summed E-state index contributed by atoms with van der Waals surface area (Å²) in [6, 6.07) is 6.29. The fourth-order valence-electron chi connectivity index (χ4n) is 3.49. The van der Waals surface area contributed by atoms with E-state index in [0.29, 0.717) is 23.9 Å². The van der Waals surface area contributed by atoms with E-state index in [1.54, 1.807) is 0 Å². The molecule has 0 bridgehead atoms. The Labute approximate surface area is 137 Å². The molecule has 118 valence electrons. The van der Waals surface area contributed by atoms with Gasteiger partial charge in [0.2, 0.25) is 0 Å². The van der Waals surface area contributed by atoms with Gasteiger partial charge in [0.25, 0.3) is 0 Å². The van der Waals surface area contributed by atoms with Crippen molar-refractivity contribution in [3.05, 3.63) is 34.9 Å². The molecule has 1 aliphatic heterocycles. The fourth-order valence-corrected chi connectivity index (χ4v) is 3.84. The number of alkyl halides is 1. The van der Waals surface area contributed by atoms with E-state index in [2.05, 4.69) is 55.8 Å². The maximum Gasteiger partial charge on any atom is 0.0860 e. The molecular weight excluding hydrogens is 328 g/mol. The van der Waals surface area contributed by atoms with Gasteiger partial charge in [-0.05, 0) is 40.9 Å². The van der Waals surface area contributed by atoms with Crippen LogP contribution in [0, 0.1) is 17.8 Å². The Morgan fingerprint density at radius 1 is 1.14 bits per heavy atom. The number of rotatable bonds is 4. The Morgan fingerprint density at radius 3 is 2.43 bits per heavy atom. The zero-order valence-electron chi connectivity index (χ0n) is 13.5. The average Bonchev–Trinajstić information content (AvgIpc) is 2.52. The van der Waals surface area contributed by atoms with Gasteiger partial charge in [0.05, 0.1) is 18.8 Å². The maximum atomic E-state index is 9.67. The molecule has 5 atom stereocenters. The first-order chi connectivity index (χ1) is 10.0. The van der Waals surface area contributed by atoms with E-state index >= 15 is 0 Å². The summed E-state index contributed by atoms with van der Waals surface area (Å²) in [4.78, 5) is 0. The summed E-state index contributed by atoms with van der Waals surface area (Å²) in [5.41, 5.74) is 3.39. The summed E-state index contributed by atoms with van der Waals surface area (Å²) in [6.07, 6.45) is 1.43. The largest absolute Gasteiger partial charge is 0.392 e. The lowest BCUT2D eigenvalue weighted by molar-refractivity contribution is -0.137. The molecule has 2 rings (SSSR count). The van der Waals surface area contributed by atoms with Crippen molar-refractivity contribution in [3.8, 4) is 0 Å². The van der Waals surface area contributed by atoms with Crippen LogP contribution in [-0.4, -0.2) is 11.2 Å². The molecule has 0 saturated carbocycles. The highest BCUT2D eigenvalue weighted by atomic mass is 79.9. The second-order valence-electron chi connectivity index (χ2n) is 6.41. The van der Waals surface area contributed by atoms with Crippen LogP contribution in [0.1, 0.15) is 56.9 Å². The van der Waals surface area contributed by atoms with Crippen molar-refractivity contribution in [2.24, 2.45) is 17.8 Å². The quantitative estimate of drug-likeness (QED) is 0.784. The predicted octanol–water partition coefficient (Wildman–Crippen LogP) is 4.83. The lowest BCUT2D eigenvalue weighted by atomic mass is 9.73. The van der Waals surface area contributed by atoms with Crippen molar-refractivity contribution in [1.29, 1.82) is 0 Å². The van der Waals surface area contributed by atoms with Crippen LogP contribution < -0.4 is 0 Å². The van der Waals surface area contributed by atoms with Crippen molar-refractivity contribution in [1.82, 2.24) is 0 Å². The molecule has 0 radical (unpaired) electrons. The van der Waals surface area contributed by atoms with Crippen molar-refractivity contribution in [2.45, 2.75) is 58.3 Å². The lowest BCUT2D eigenvalue weighted by Gasteiger charge is -2.44. The normalized spacial score (nSPS) is 33.1. The molecule has 0 aliphatic carbocycles. The molecule has 2 unspecified atom stereocenters. The average molecular weight is 355 g/mol. The van der Waals surface area contributed by atoms with Crippen LogP contribution in [0.3, 0.4) is 0 Å². The molecule has 0 amide bonds. The molecular formula is C18H27BrO2. The minimum atomic E-state index is 0.0746. The summed E-state index contributed by atoms with van der Waals surface area (Å²) < 4.78 is 6.43. The van der Waals surface area contributed by atoms with Crippen molar-refractivity contribution in [2.75, 3.05) is 0 Å². The standard InChI is InChI=1S/C18H27BrO2/c1-5-17-12(3)11(2)13(4)18(21-17)16-8-14(9-19)6-7-15(16)10-20/h6-8,11-13,17-18,20H,5,9-10H2,1-4H3/t11-,12-,13?,17?,18+/m0/s1. The van der Waals surface area contributed by atoms with Gasteiger partial charge in [0.1, 0.15) is 0 Å². The van der Waals surface area contributed by atoms with Crippen LogP contribution in [0.2, 0.25) is 0 Å². The lowest BCUT2D eigenvalue weighted by Crippen LogP contribution is -2.40. The van der Waals surface area contributed by atoms with E-state index in [9.17, 15) is 5.11 Å². The third-order valence-corrected chi connectivity index (χ3v) is 5.94. The van der Waals surface area contributed by atoms with Gasteiger partial charge in [-0.2, -0.15) is 0 Å². The Balaban J connectivity index is 2.39. The first-order valence-corrected chi connectivity index (χ1v) is 9.09. The maximum absolute atomic E-state index is 9.67. The van der Waals surface area contributed by atoms with E-state index in [1.165, 1.54) is 11.1 Å². The first kappa shape index (κ1) is 17.0. The molecule has 21 heavy (non-hydrogen) atoms. The van der Waals surface area contributed by atoms with Gasteiger partial charge in [-0.1, -0.05) is 61.8 Å². The van der Waals surface area contributed by atoms with Crippen molar-refractivity contribution >= 4 is 15.9 Å². The molecule has 1 saturated heterocycles. The minimum Gasteiger partial charge on any atom is -0.392 e. The van der Waals surface area contributed by atoms with Gasteiger partial charge >= 0.3 is 0 Å². The van der Waals surface area contributed by atoms with Crippen LogP contribution in [0.15, 0.2) is 18.2 Å². The van der Waals surface area contributed by atoms with Gasteiger partial charge in [-0.15, -0.1) is 0 Å². The smallest absolute Gasteiger partial charge is 0.0860 e. The van der Waals surface area contributed by atoms with Gasteiger partial charge in [0.15, 0.2) is 0 Å². The second-order valence-corrected chi connectivity index (χ2v) is 6.97. The number of ether oxygens (including phenoxy) is 1. The van der Waals surface area contributed by atoms with Gasteiger partial charge in [-0.3, -0.25) is 0 Å². The zero-order valence-corrected chi connectivity index (χ0v) is 15.1. The third-order valence-electron chi connectivity index (χ3n) is 5.29. The molecule has 1 aromatic carbocycles. The SMILES string of the molecule is CCC1O[C@@H](c2cc(CBr)ccc2CO)C(C)[C@@H](C)[C@@H]1C. The van der Waals surface area contributed by atoms with Crippen LogP contribution >= 0.6 is 15.9 Å². The third kappa shape index (κ3) is 3.35. The van der Waals surface area contributed by atoms with E-state index in [1.807, 2.05) is 6.07 Å². The second kappa shape index (κ2) is 7.26. The number of aliphatic hydroxyl groups excluding tert-OH is 1. The number of hydrogen-bond donors (Lipinski definition) is 1. The van der Waals surface area contributed by atoms with E-state index < -0.39 is 0 Å². The van der Waals surface area contributed by atoms with Gasteiger partial charge < -0.3 is 9.84 Å². The number of hydrogen-bond acceptors (Lipinski definition) is 2. The Hall–Kier alpha value is -0.380. The van der Waals surface area contributed by atoms with Crippen molar-refractivity contribution in [3.63, 3.8) is 0 Å². The Morgan fingerprint density at radius 2 is 1.86 bits per heavy atom. The van der Waals surface area contributed by atoms with Crippen LogP contribution in [0.4, 0.5) is 0 Å². The molecule has 1 aliphatic rings. The predicted molar refractivity (Wildman–Crippen MR) is 90.4 cm³/mol. The van der Waals surface area contributed by atoms with E-state index in [4.69, 9.17) is 4.74 Å². The van der Waals surface area contributed by atoms with E-state index in [-0.39, 0.29) is 12.7 Å². The van der Waals surface area contributed by atoms with Gasteiger partial charge in [0, 0.05) is 5.33 Å². The molecule has 3 heteroatoms. The Kier molecular flexibility index (Phi) is 5.87. The number of halogens is 1. The number of aliphatic hydroxyl groups is 1. The molecule has 1 N–H and O–H groups in total. The molecule has 1 aromatic rings. The van der Waals surface area contributed by atoms with Crippen LogP contribution in [0.25, 0.3) is 0 Å². The molecule has 1 fully saturated rings. The highest BCUT2D eigenvalue weighted by molar-refractivity contribution is 9.08. The summed E-state index contributed by atoms with van der Waals surface area (Å²) in [5.74, 6) is 1.66. The zero-order chi connectivity index (χ0) is 15.6. The number of benzene rings is 1. The van der Waals surface area contributed by atoms with E-state index in [0.717, 1.165) is 17.3 Å². The summed E-state index contributed by atoms with van der Waals surface area (Å²) in [6.45, 7) is 9.18. The minimum absolute atomic E-state index is 0.0746. The fraction of sp³-hybridized carbons (Fsp3) is 0.667. The first-order valence-electron chi connectivity index (χ1n) is 7.97. The summed E-state index contributed by atoms with van der Waals surface area (Å²) in [5, 5.41) is 10.5. The molecule has 2 nitrogen and oxygen atoms in total. The highest BCUT2D eigenvalue weighted by Crippen LogP contribution is 2.44. The molecule has 1 heterocycles. The summed E-state index contributed by atoms with van der Waals surface area (Å²) >= 11 is 3.52. The topological polar surface area (TPSA) is 29.5 Å². The highest BCUT2D eigenvalue weighted by Gasteiger charge is 2.39. The van der Waals surface area contributed by atoms with Crippen LogP contribution in [0.5, 0.6) is 0 Å². The monoisotopic (exact) mass is 354 g/mol. The molecule has 0 spiro atoms. The van der Waals surface area contributed by atoms with Gasteiger partial charge in [-0.25, -0.2) is 0 Å². The molecule has 0 aromatic heterocycles. The summed E-state index contributed by atoms with van der Waals surface area (Å²) in [7, 11) is 0. The Bertz CT molecular complexity index is 472. The van der Waals surface area contributed by atoms with Crippen LogP contribution in [-0.2, 0) is 16.7 Å².